The van der Waals surface area contributed by atoms with Crippen molar-refractivity contribution in [1.29, 1.82) is 0 Å². The van der Waals surface area contributed by atoms with Crippen LogP contribution in [0, 0.1) is 0 Å². The molecule has 0 spiro atoms. The van der Waals surface area contributed by atoms with E-state index in [-0.39, 0.29) is 23.9 Å². The topological polar surface area (TPSA) is 95.7 Å². The third-order valence-electron chi connectivity index (χ3n) is 3.54. The number of carboxylic acid groups (broad SMARTS) is 1. The number of aromatic nitrogens is 2. The van der Waals surface area contributed by atoms with Gasteiger partial charge < -0.3 is 10.0 Å². The van der Waals surface area contributed by atoms with Gasteiger partial charge in [0.2, 0.25) is 10.0 Å². The van der Waals surface area contributed by atoms with Gasteiger partial charge in [0.05, 0.1) is 19.2 Å². The molecule has 9 heteroatoms. The van der Waals surface area contributed by atoms with Gasteiger partial charge in [-0.15, -0.1) is 0 Å². The third-order valence-corrected chi connectivity index (χ3v) is 5.51. The van der Waals surface area contributed by atoms with Gasteiger partial charge in [-0.1, -0.05) is 0 Å². The fourth-order valence-corrected chi connectivity index (χ4v) is 3.99. The molecule has 0 aromatic carbocycles. The molecule has 21 heavy (non-hydrogen) atoms. The molecule has 0 saturated carbocycles. The van der Waals surface area contributed by atoms with Crippen LogP contribution < -0.4 is 0 Å². The van der Waals surface area contributed by atoms with Gasteiger partial charge in [0, 0.05) is 31.9 Å². The Hall–Kier alpha value is -1.45. The van der Waals surface area contributed by atoms with Crippen molar-refractivity contribution in [2.45, 2.75) is 30.8 Å². The van der Waals surface area contributed by atoms with E-state index in [9.17, 15) is 13.2 Å². The summed E-state index contributed by atoms with van der Waals surface area (Å²) in [4.78, 5) is 12.7. The van der Waals surface area contributed by atoms with E-state index in [0.29, 0.717) is 19.6 Å². The second-order valence-corrected chi connectivity index (χ2v) is 7.20. The lowest BCUT2D eigenvalue weighted by molar-refractivity contribution is -0.137. The molecule has 1 atom stereocenters. The third kappa shape index (κ3) is 3.60. The van der Waals surface area contributed by atoms with Crippen molar-refractivity contribution >= 4 is 16.0 Å². The van der Waals surface area contributed by atoms with Crippen LogP contribution in [0.15, 0.2) is 17.3 Å². The van der Waals surface area contributed by atoms with Crippen LogP contribution in [-0.2, 0) is 21.4 Å². The van der Waals surface area contributed by atoms with Crippen LogP contribution in [0.25, 0.3) is 0 Å². The monoisotopic (exact) mass is 316 g/mol. The summed E-state index contributed by atoms with van der Waals surface area (Å²) in [6, 6.07) is -0.101. The summed E-state index contributed by atoms with van der Waals surface area (Å²) in [6.45, 7) is 3.86. The zero-order valence-corrected chi connectivity index (χ0v) is 13.0. The van der Waals surface area contributed by atoms with Crippen molar-refractivity contribution in [1.82, 2.24) is 19.0 Å². The first-order valence-electron chi connectivity index (χ1n) is 6.75. The molecule has 1 fully saturated rings. The number of carboxylic acids is 1. The highest BCUT2D eigenvalue weighted by Crippen LogP contribution is 2.20. The molecule has 1 aliphatic rings. The minimum atomic E-state index is -3.58. The Morgan fingerprint density at radius 1 is 1.48 bits per heavy atom. The largest absolute Gasteiger partial charge is 0.481 e. The van der Waals surface area contributed by atoms with Crippen molar-refractivity contribution in [3.05, 3.63) is 12.4 Å². The molecule has 1 N–H and O–H groups in total. The van der Waals surface area contributed by atoms with Gasteiger partial charge >= 0.3 is 5.97 Å². The number of aliphatic carboxylic acids is 1. The summed E-state index contributed by atoms with van der Waals surface area (Å²) in [6.07, 6.45) is 2.58. The average molecular weight is 316 g/mol. The Labute approximate surface area is 124 Å². The number of carbonyl (C=O) groups is 1. The molecule has 0 bridgehead atoms. The maximum Gasteiger partial charge on any atom is 0.305 e. The van der Waals surface area contributed by atoms with Crippen molar-refractivity contribution in [3.63, 3.8) is 0 Å². The molecule has 1 unspecified atom stereocenters. The number of rotatable bonds is 5. The maximum atomic E-state index is 12.6. The summed E-state index contributed by atoms with van der Waals surface area (Å²) in [7, 11) is -1.61. The van der Waals surface area contributed by atoms with Crippen molar-refractivity contribution < 1.29 is 18.3 Å². The lowest BCUT2D eigenvalue weighted by Crippen LogP contribution is -2.52. The van der Waals surface area contributed by atoms with Crippen molar-refractivity contribution in [3.8, 4) is 0 Å². The molecule has 2 rings (SSSR count). The van der Waals surface area contributed by atoms with E-state index in [1.54, 1.807) is 0 Å². The first kappa shape index (κ1) is 15.9. The minimum Gasteiger partial charge on any atom is -0.481 e. The summed E-state index contributed by atoms with van der Waals surface area (Å²) in [5, 5.41) is 12.6. The molecular formula is C12H20N4O4S. The predicted molar refractivity (Wildman–Crippen MR) is 75.3 cm³/mol. The van der Waals surface area contributed by atoms with Gasteiger partial charge in [-0.3, -0.25) is 9.48 Å². The van der Waals surface area contributed by atoms with Crippen LogP contribution in [0.1, 0.15) is 13.3 Å². The molecule has 118 valence electrons. The zero-order valence-electron chi connectivity index (χ0n) is 12.1. The second-order valence-electron chi connectivity index (χ2n) is 5.31. The number of piperazine rings is 1. The summed E-state index contributed by atoms with van der Waals surface area (Å²) >= 11 is 0. The zero-order chi connectivity index (χ0) is 15.6. The van der Waals surface area contributed by atoms with Crippen LogP contribution in [0.4, 0.5) is 0 Å². The molecule has 1 aliphatic heterocycles. The Morgan fingerprint density at radius 3 is 2.81 bits per heavy atom. The first-order chi connectivity index (χ1) is 9.80. The van der Waals surface area contributed by atoms with E-state index in [0.717, 1.165) is 0 Å². The van der Waals surface area contributed by atoms with Gasteiger partial charge in [0.1, 0.15) is 4.90 Å². The van der Waals surface area contributed by atoms with Crippen molar-refractivity contribution in [2.24, 2.45) is 0 Å². The summed E-state index contributed by atoms with van der Waals surface area (Å²) in [5.74, 6) is -0.942. The highest BCUT2D eigenvalue weighted by atomic mass is 32.2. The average Bonchev–Trinajstić information content (AvgIpc) is 2.85. The van der Waals surface area contributed by atoms with Crippen LogP contribution in [0.2, 0.25) is 0 Å². The number of hydrogen-bond acceptors (Lipinski definition) is 5. The van der Waals surface area contributed by atoms with Crippen LogP contribution in [-0.4, -0.2) is 71.2 Å². The highest BCUT2D eigenvalue weighted by Gasteiger charge is 2.33. The fourth-order valence-electron chi connectivity index (χ4n) is 2.43. The van der Waals surface area contributed by atoms with E-state index >= 15 is 0 Å². The molecule has 1 saturated heterocycles. The van der Waals surface area contributed by atoms with Gasteiger partial charge in [-0.25, -0.2) is 8.42 Å². The maximum absolute atomic E-state index is 12.6. The van der Waals surface area contributed by atoms with Gasteiger partial charge in [0.15, 0.2) is 0 Å². The Morgan fingerprint density at radius 2 is 2.19 bits per heavy atom. The molecule has 8 nitrogen and oxygen atoms in total. The minimum absolute atomic E-state index is 0.0912. The molecule has 1 aromatic rings. The number of hydrogen-bond donors (Lipinski definition) is 1. The Bertz CT molecular complexity index is 613. The summed E-state index contributed by atoms with van der Waals surface area (Å²) in [5.41, 5.74) is 0. The highest BCUT2D eigenvalue weighted by molar-refractivity contribution is 7.89. The van der Waals surface area contributed by atoms with E-state index in [4.69, 9.17) is 5.11 Å². The Balaban J connectivity index is 2.14. The van der Waals surface area contributed by atoms with E-state index < -0.39 is 16.0 Å². The smallest absolute Gasteiger partial charge is 0.305 e. The van der Waals surface area contributed by atoms with Crippen LogP contribution in [0.5, 0.6) is 0 Å². The Kier molecular flexibility index (Phi) is 4.64. The predicted octanol–water partition coefficient (Wildman–Crippen LogP) is -0.318. The second kappa shape index (κ2) is 6.12. The van der Waals surface area contributed by atoms with Gasteiger partial charge in [0.25, 0.3) is 0 Å². The van der Waals surface area contributed by atoms with E-state index in [1.807, 2.05) is 14.0 Å². The molecule has 0 aliphatic carbocycles. The van der Waals surface area contributed by atoms with Gasteiger partial charge in [-0.05, 0) is 14.0 Å². The fraction of sp³-hybridized carbons (Fsp3) is 0.667. The quantitative estimate of drug-likeness (QED) is 0.800. The van der Waals surface area contributed by atoms with Crippen LogP contribution in [0.3, 0.4) is 0 Å². The molecule has 1 aromatic heterocycles. The number of nitrogens with zero attached hydrogens (tertiary/aromatic N) is 4. The molecular weight excluding hydrogens is 296 g/mol. The molecule has 2 heterocycles. The van der Waals surface area contributed by atoms with E-state index in [1.165, 1.54) is 21.4 Å². The standard InChI is InChI=1S/C12H20N4O4S/c1-10-8-14(2)5-6-16(10)21(19,20)11-7-13-15(9-11)4-3-12(17)18/h7,9-10H,3-6,8H2,1-2H3,(H,17,18). The summed E-state index contributed by atoms with van der Waals surface area (Å²) < 4.78 is 28.0. The lowest BCUT2D eigenvalue weighted by atomic mass is 10.2. The first-order valence-corrected chi connectivity index (χ1v) is 8.19. The van der Waals surface area contributed by atoms with Crippen molar-refractivity contribution in [2.75, 3.05) is 26.7 Å². The van der Waals surface area contributed by atoms with Gasteiger partial charge in [-0.2, -0.15) is 9.40 Å². The van der Waals surface area contributed by atoms with Crippen LogP contribution >= 0.6 is 0 Å². The SMILES string of the molecule is CC1CN(C)CCN1S(=O)(=O)c1cnn(CCC(=O)O)c1. The van der Waals surface area contributed by atoms with E-state index in [2.05, 4.69) is 10.00 Å². The molecule has 0 amide bonds. The number of aryl methyl sites for hydroxylation is 1. The number of likely N-dealkylation sites (N-methyl/N-ethyl adjacent to an activating group) is 1. The normalized spacial score (nSPS) is 21.5. The molecule has 0 radical (unpaired) electrons. The number of sulfonamides is 1. The lowest BCUT2D eigenvalue weighted by Gasteiger charge is -2.36.